The number of aromatic nitrogens is 5. The second-order valence-corrected chi connectivity index (χ2v) is 5.89. The van der Waals surface area contributed by atoms with Crippen molar-refractivity contribution in [2.24, 2.45) is 7.05 Å². The van der Waals surface area contributed by atoms with Gasteiger partial charge in [0.05, 0.1) is 12.6 Å². The molecule has 1 aliphatic heterocycles. The van der Waals surface area contributed by atoms with Gasteiger partial charge in [-0.3, -0.25) is 14.8 Å². The Morgan fingerprint density at radius 2 is 2.04 bits per heavy atom. The highest BCUT2D eigenvalue weighted by molar-refractivity contribution is 4.93. The second kappa shape index (κ2) is 6.63. The van der Waals surface area contributed by atoms with Crippen LogP contribution in [-0.2, 0) is 20.0 Å². The molecular formula is C14H23N7O2. The van der Waals surface area contributed by atoms with Crippen molar-refractivity contribution in [3.05, 3.63) is 28.0 Å². The summed E-state index contributed by atoms with van der Waals surface area (Å²) in [5.74, 6) is 2.15. The molecule has 1 atom stereocenters. The third-order valence-electron chi connectivity index (χ3n) is 4.30. The van der Waals surface area contributed by atoms with E-state index >= 15 is 0 Å². The third-order valence-corrected chi connectivity index (χ3v) is 4.30. The highest BCUT2D eigenvalue weighted by atomic mass is 16.5. The summed E-state index contributed by atoms with van der Waals surface area (Å²) in [6.45, 7) is 8.44. The molecule has 3 rings (SSSR count). The van der Waals surface area contributed by atoms with Gasteiger partial charge in [-0.2, -0.15) is 10.1 Å². The normalized spacial score (nSPS) is 18.4. The topological polar surface area (TPSA) is 96.1 Å². The van der Waals surface area contributed by atoms with Gasteiger partial charge < -0.3 is 4.52 Å². The lowest BCUT2D eigenvalue weighted by atomic mass is 10.2. The molecule has 126 valence electrons. The molecule has 0 unspecified atom stereocenters. The number of piperazine rings is 1. The van der Waals surface area contributed by atoms with Gasteiger partial charge >= 0.3 is 5.69 Å². The Bertz CT molecular complexity index is 696. The maximum Gasteiger partial charge on any atom is 0.343 e. The van der Waals surface area contributed by atoms with E-state index in [4.69, 9.17) is 4.52 Å². The first-order valence-electron chi connectivity index (χ1n) is 7.98. The molecule has 0 radical (unpaired) electrons. The summed E-state index contributed by atoms with van der Waals surface area (Å²) < 4.78 is 6.67. The monoisotopic (exact) mass is 321 g/mol. The standard InChI is InChI=1S/C14H23N7O2/c1-4-11-15-13(23-18-11)10(2)21-7-5-20(6-8-21)9-12-16-14(22)19(3)17-12/h10H,4-9H2,1-3H3,(H,16,17,22)/t10-/m1/s1. The molecule has 23 heavy (non-hydrogen) atoms. The fraction of sp³-hybridized carbons (Fsp3) is 0.714. The highest BCUT2D eigenvalue weighted by Crippen LogP contribution is 2.20. The van der Waals surface area contributed by atoms with Crippen LogP contribution < -0.4 is 5.69 Å². The quantitative estimate of drug-likeness (QED) is 0.823. The number of aryl methyl sites for hydroxylation is 2. The fourth-order valence-electron chi connectivity index (χ4n) is 2.78. The first-order chi connectivity index (χ1) is 11.1. The summed E-state index contributed by atoms with van der Waals surface area (Å²) >= 11 is 0. The molecular weight excluding hydrogens is 298 g/mol. The Balaban J connectivity index is 1.54. The van der Waals surface area contributed by atoms with Crippen molar-refractivity contribution < 1.29 is 4.52 Å². The Kier molecular flexibility index (Phi) is 4.58. The smallest absolute Gasteiger partial charge is 0.338 e. The van der Waals surface area contributed by atoms with Crippen LogP contribution in [-0.4, -0.2) is 60.9 Å². The number of H-pyrrole nitrogens is 1. The van der Waals surface area contributed by atoms with Crippen LogP contribution in [0.2, 0.25) is 0 Å². The van der Waals surface area contributed by atoms with Crippen molar-refractivity contribution in [3.8, 4) is 0 Å². The van der Waals surface area contributed by atoms with Crippen LogP contribution in [0.3, 0.4) is 0 Å². The summed E-state index contributed by atoms with van der Waals surface area (Å²) in [6.07, 6.45) is 0.784. The van der Waals surface area contributed by atoms with Gasteiger partial charge in [0, 0.05) is 39.6 Å². The third kappa shape index (κ3) is 3.50. The zero-order chi connectivity index (χ0) is 16.4. The summed E-state index contributed by atoms with van der Waals surface area (Å²) in [7, 11) is 1.65. The van der Waals surface area contributed by atoms with Crippen molar-refractivity contribution >= 4 is 0 Å². The van der Waals surface area contributed by atoms with Gasteiger partial charge in [-0.15, -0.1) is 0 Å². The van der Waals surface area contributed by atoms with Crippen LogP contribution in [0.4, 0.5) is 0 Å². The van der Waals surface area contributed by atoms with Crippen LogP contribution in [0.1, 0.15) is 37.4 Å². The van der Waals surface area contributed by atoms with E-state index in [-0.39, 0.29) is 11.7 Å². The van der Waals surface area contributed by atoms with E-state index in [1.807, 2.05) is 6.92 Å². The SMILES string of the molecule is CCc1noc([C@@H](C)N2CCN(Cc3nn(C)c(=O)[nH]3)CC2)n1. The average Bonchev–Trinajstić information content (AvgIpc) is 3.14. The first kappa shape index (κ1) is 15.9. The van der Waals surface area contributed by atoms with Crippen molar-refractivity contribution in [2.75, 3.05) is 26.2 Å². The Hall–Kier alpha value is -2.00. The zero-order valence-corrected chi connectivity index (χ0v) is 13.8. The van der Waals surface area contributed by atoms with Crippen LogP contribution in [0.15, 0.2) is 9.32 Å². The number of hydrogen-bond donors (Lipinski definition) is 1. The summed E-state index contributed by atoms with van der Waals surface area (Å²) in [5, 5.41) is 8.14. The summed E-state index contributed by atoms with van der Waals surface area (Å²) in [4.78, 5) is 23.2. The Morgan fingerprint density at radius 3 is 2.61 bits per heavy atom. The maximum atomic E-state index is 11.4. The molecule has 3 heterocycles. The molecule has 1 N–H and O–H groups in total. The number of hydrogen-bond acceptors (Lipinski definition) is 7. The van der Waals surface area contributed by atoms with E-state index in [1.165, 1.54) is 4.68 Å². The number of rotatable bonds is 5. The predicted octanol–water partition coefficient (Wildman–Crippen LogP) is -0.0674. The summed E-state index contributed by atoms with van der Waals surface area (Å²) in [6, 6.07) is 0.125. The molecule has 2 aromatic heterocycles. The fourth-order valence-corrected chi connectivity index (χ4v) is 2.78. The van der Waals surface area contributed by atoms with Crippen molar-refractivity contribution in [3.63, 3.8) is 0 Å². The van der Waals surface area contributed by atoms with Crippen LogP contribution >= 0.6 is 0 Å². The van der Waals surface area contributed by atoms with Crippen molar-refractivity contribution in [2.45, 2.75) is 32.9 Å². The lowest BCUT2D eigenvalue weighted by Crippen LogP contribution is -2.46. The van der Waals surface area contributed by atoms with Crippen molar-refractivity contribution in [1.82, 2.24) is 34.7 Å². The minimum atomic E-state index is -0.171. The first-order valence-corrected chi connectivity index (χ1v) is 7.98. The minimum absolute atomic E-state index is 0.125. The van der Waals surface area contributed by atoms with E-state index in [9.17, 15) is 4.79 Å². The lowest BCUT2D eigenvalue weighted by Gasteiger charge is -2.36. The van der Waals surface area contributed by atoms with Gasteiger partial charge in [0.1, 0.15) is 5.82 Å². The maximum absolute atomic E-state index is 11.4. The molecule has 0 spiro atoms. The van der Waals surface area contributed by atoms with E-state index in [0.717, 1.165) is 38.4 Å². The van der Waals surface area contributed by atoms with E-state index in [1.54, 1.807) is 7.05 Å². The van der Waals surface area contributed by atoms with Gasteiger partial charge in [-0.25, -0.2) is 9.48 Å². The Labute approximate surface area is 134 Å². The van der Waals surface area contributed by atoms with E-state index in [2.05, 4.69) is 36.9 Å². The number of nitrogens with zero attached hydrogens (tertiary/aromatic N) is 6. The van der Waals surface area contributed by atoms with E-state index in [0.29, 0.717) is 18.3 Å². The van der Waals surface area contributed by atoms with Gasteiger partial charge in [-0.1, -0.05) is 12.1 Å². The van der Waals surface area contributed by atoms with Gasteiger partial charge in [0.2, 0.25) is 5.89 Å². The van der Waals surface area contributed by atoms with E-state index < -0.39 is 0 Å². The van der Waals surface area contributed by atoms with Crippen molar-refractivity contribution in [1.29, 1.82) is 0 Å². The van der Waals surface area contributed by atoms with Gasteiger partial charge in [-0.05, 0) is 6.92 Å². The summed E-state index contributed by atoms with van der Waals surface area (Å²) in [5.41, 5.74) is -0.171. The Morgan fingerprint density at radius 1 is 1.30 bits per heavy atom. The molecule has 0 saturated carbocycles. The van der Waals surface area contributed by atoms with Crippen LogP contribution in [0.5, 0.6) is 0 Å². The molecule has 1 aliphatic rings. The molecule has 1 saturated heterocycles. The molecule has 2 aromatic rings. The van der Waals surface area contributed by atoms with Gasteiger partial charge in [0.15, 0.2) is 5.82 Å². The minimum Gasteiger partial charge on any atom is -0.338 e. The van der Waals surface area contributed by atoms with Crippen LogP contribution in [0.25, 0.3) is 0 Å². The molecule has 0 aromatic carbocycles. The average molecular weight is 321 g/mol. The molecule has 9 nitrogen and oxygen atoms in total. The molecule has 0 bridgehead atoms. The van der Waals surface area contributed by atoms with Gasteiger partial charge in [0.25, 0.3) is 0 Å². The number of aromatic amines is 1. The lowest BCUT2D eigenvalue weighted by molar-refractivity contribution is 0.0831. The molecule has 0 amide bonds. The highest BCUT2D eigenvalue weighted by Gasteiger charge is 2.26. The largest absolute Gasteiger partial charge is 0.343 e. The molecule has 9 heteroatoms. The predicted molar refractivity (Wildman–Crippen MR) is 82.8 cm³/mol. The second-order valence-electron chi connectivity index (χ2n) is 5.89. The van der Waals surface area contributed by atoms with Crippen LogP contribution in [0, 0.1) is 0 Å². The number of nitrogens with one attached hydrogen (secondary N) is 1. The molecule has 1 fully saturated rings. The zero-order valence-electron chi connectivity index (χ0n) is 13.8. The molecule has 0 aliphatic carbocycles.